The van der Waals surface area contributed by atoms with Gasteiger partial charge >= 0.3 is 0 Å². The van der Waals surface area contributed by atoms with Gasteiger partial charge in [-0.15, -0.1) is 0 Å². The number of ether oxygens (including phenoxy) is 3. The summed E-state index contributed by atoms with van der Waals surface area (Å²) in [6.45, 7) is 0.495. The molecule has 1 amide bonds. The van der Waals surface area contributed by atoms with Gasteiger partial charge in [0.2, 0.25) is 6.79 Å². The highest BCUT2D eigenvalue weighted by Crippen LogP contribution is 2.35. The van der Waals surface area contributed by atoms with Crippen LogP contribution < -0.4 is 19.5 Å². The summed E-state index contributed by atoms with van der Waals surface area (Å²) < 4.78 is 16.4. The summed E-state index contributed by atoms with van der Waals surface area (Å²) in [5, 5.41) is 10.1. The molecular formula is C21H19N3O4. The number of carbonyl (C=O) groups is 1. The number of nitrogens with zero attached hydrogens (tertiary/aromatic N) is 1. The zero-order valence-corrected chi connectivity index (χ0v) is 15.1. The quantitative estimate of drug-likeness (QED) is 0.714. The van der Waals surface area contributed by atoms with Gasteiger partial charge in [-0.05, 0) is 42.2 Å². The lowest BCUT2D eigenvalue weighted by molar-refractivity contribution is 0.0931. The Hall–Kier alpha value is -3.48. The topological polar surface area (TPSA) is 85.5 Å². The third kappa shape index (κ3) is 3.15. The number of carbonyl (C=O) groups excluding carboxylic acids is 1. The fourth-order valence-corrected chi connectivity index (χ4v) is 3.62. The minimum Gasteiger partial charge on any atom is -0.487 e. The largest absolute Gasteiger partial charge is 0.487 e. The van der Waals surface area contributed by atoms with Crippen LogP contribution >= 0.6 is 0 Å². The van der Waals surface area contributed by atoms with E-state index in [-0.39, 0.29) is 25.3 Å². The maximum Gasteiger partial charge on any atom is 0.272 e. The molecule has 0 bridgehead atoms. The Morgan fingerprint density at radius 3 is 3.04 bits per heavy atom. The first kappa shape index (κ1) is 16.7. The summed E-state index contributed by atoms with van der Waals surface area (Å²) in [5.74, 6) is 1.85. The van der Waals surface area contributed by atoms with E-state index in [1.54, 1.807) is 12.1 Å². The normalized spacial score (nSPS) is 16.6. The second-order valence-electron chi connectivity index (χ2n) is 6.85. The standard InChI is InChI=1S/C21H19N3O4/c25-21(22-17-7-5-13-3-1-2-4-16(13)17)18-9-14(23-24-18)11-26-15-6-8-19-20(10-15)28-12-27-19/h1-4,6,8-10,17H,5,7,11-12H2,(H,22,25)(H,23,24)/t17-/m0/s1. The van der Waals surface area contributed by atoms with Crippen molar-refractivity contribution in [2.45, 2.75) is 25.5 Å². The molecule has 7 heteroatoms. The predicted octanol–water partition coefficient (Wildman–Crippen LogP) is 3.13. The molecule has 3 aromatic rings. The van der Waals surface area contributed by atoms with Gasteiger partial charge in [0.15, 0.2) is 11.5 Å². The van der Waals surface area contributed by atoms with Gasteiger partial charge in [-0.3, -0.25) is 9.89 Å². The molecular weight excluding hydrogens is 358 g/mol. The maximum atomic E-state index is 12.6. The number of nitrogens with one attached hydrogen (secondary N) is 2. The Kier molecular flexibility index (Phi) is 4.12. The molecule has 0 saturated carbocycles. The molecule has 7 nitrogen and oxygen atoms in total. The summed E-state index contributed by atoms with van der Waals surface area (Å²) in [7, 11) is 0. The summed E-state index contributed by atoms with van der Waals surface area (Å²) >= 11 is 0. The Morgan fingerprint density at radius 1 is 1.18 bits per heavy atom. The van der Waals surface area contributed by atoms with Gasteiger partial charge in [0.25, 0.3) is 5.91 Å². The number of aromatic nitrogens is 2. The number of benzene rings is 2. The Labute approximate surface area is 161 Å². The monoisotopic (exact) mass is 377 g/mol. The molecule has 1 aromatic heterocycles. The van der Waals surface area contributed by atoms with Gasteiger partial charge in [-0.25, -0.2) is 0 Å². The zero-order valence-electron chi connectivity index (χ0n) is 15.1. The van der Waals surface area contributed by atoms with E-state index in [1.807, 2.05) is 24.3 Å². The van der Waals surface area contributed by atoms with Gasteiger partial charge in [-0.2, -0.15) is 5.10 Å². The fourth-order valence-electron chi connectivity index (χ4n) is 3.62. The van der Waals surface area contributed by atoms with Crippen LogP contribution in [0.25, 0.3) is 0 Å². The molecule has 1 atom stereocenters. The highest BCUT2D eigenvalue weighted by Gasteiger charge is 2.24. The molecule has 0 radical (unpaired) electrons. The Morgan fingerprint density at radius 2 is 2.07 bits per heavy atom. The van der Waals surface area contributed by atoms with Crippen molar-refractivity contribution < 1.29 is 19.0 Å². The van der Waals surface area contributed by atoms with Crippen molar-refractivity contribution in [3.63, 3.8) is 0 Å². The van der Waals surface area contributed by atoms with E-state index in [4.69, 9.17) is 14.2 Å². The summed E-state index contributed by atoms with van der Waals surface area (Å²) in [4.78, 5) is 12.6. The van der Waals surface area contributed by atoms with Crippen LogP contribution in [0.2, 0.25) is 0 Å². The molecule has 142 valence electrons. The average Bonchev–Trinajstić information content (AvgIpc) is 3.46. The Balaban J connectivity index is 1.21. The van der Waals surface area contributed by atoms with Gasteiger partial charge in [0.05, 0.1) is 11.7 Å². The SMILES string of the molecule is O=C(N[C@H]1CCc2ccccc21)c1cc(COc2ccc3c(c2)OCO3)[nH]n1. The van der Waals surface area contributed by atoms with E-state index < -0.39 is 0 Å². The molecule has 5 rings (SSSR count). The molecule has 0 saturated heterocycles. The molecule has 2 N–H and O–H groups in total. The lowest BCUT2D eigenvalue weighted by Gasteiger charge is -2.12. The molecule has 2 aliphatic rings. The van der Waals surface area contributed by atoms with Crippen molar-refractivity contribution in [3.8, 4) is 17.2 Å². The smallest absolute Gasteiger partial charge is 0.272 e. The number of rotatable bonds is 5. The van der Waals surface area contributed by atoms with Crippen LogP contribution in [-0.2, 0) is 13.0 Å². The predicted molar refractivity (Wildman–Crippen MR) is 100 cm³/mol. The third-order valence-corrected chi connectivity index (χ3v) is 5.04. The van der Waals surface area contributed by atoms with Crippen LogP contribution in [-0.4, -0.2) is 22.9 Å². The van der Waals surface area contributed by atoms with Crippen LogP contribution in [0.5, 0.6) is 17.2 Å². The first-order valence-corrected chi connectivity index (χ1v) is 9.22. The molecule has 0 spiro atoms. The molecule has 2 aromatic carbocycles. The second kappa shape index (κ2) is 6.92. The van der Waals surface area contributed by atoms with E-state index in [2.05, 4.69) is 27.6 Å². The highest BCUT2D eigenvalue weighted by atomic mass is 16.7. The van der Waals surface area contributed by atoms with Gasteiger partial charge in [0, 0.05) is 6.07 Å². The number of aromatic amines is 1. The van der Waals surface area contributed by atoms with Crippen molar-refractivity contribution in [1.29, 1.82) is 0 Å². The van der Waals surface area contributed by atoms with E-state index in [0.717, 1.165) is 18.5 Å². The summed E-state index contributed by atoms with van der Waals surface area (Å²) in [6, 6.07) is 15.4. The number of hydrogen-bond donors (Lipinski definition) is 2. The number of hydrogen-bond acceptors (Lipinski definition) is 5. The van der Waals surface area contributed by atoms with Crippen LogP contribution in [0.4, 0.5) is 0 Å². The Bertz CT molecular complexity index is 1030. The summed E-state index contributed by atoms with van der Waals surface area (Å²) in [6.07, 6.45) is 1.89. The minimum atomic E-state index is -0.188. The van der Waals surface area contributed by atoms with Gasteiger partial charge in [0.1, 0.15) is 18.1 Å². The first-order valence-electron chi connectivity index (χ1n) is 9.22. The fraction of sp³-hybridized carbons (Fsp3) is 0.238. The highest BCUT2D eigenvalue weighted by molar-refractivity contribution is 5.92. The van der Waals surface area contributed by atoms with Gasteiger partial charge < -0.3 is 19.5 Å². The molecule has 2 heterocycles. The number of fused-ring (bicyclic) bond motifs is 2. The van der Waals surface area contributed by atoms with E-state index >= 15 is 0 Å². The number of H-pyrrole nitrogens is 1. The average molecular weight is 377 g/mol. The van der Waals surface area contributed by atoms with Crippen molar-refractivity contribution in [1.82, 2.24) is 15.5 Å². The number of aryl methyl sites for hydroxylation is 1. The van der Waals surface area contributed by atoms with Gasteiger partial charge in [-0.1, -0.05) is 24.3 Å². The third-order valence-electron chi connectivity index (χ3n) is 5.04. The zero-order chi connectivity index (χ0) is 18.9. The molecule has 28 heavy (non-hydrogen) atoms. The van der Waals surface area contributed by atoms with E-state index in [0.29, 0.717) is 22.9 Å². The first-order chi connectivity index (χ1) is 13.8. The molecule has 1 aliphatic heterocycles. The molecule has 1 aliphatic carbocycles. The van der Waals surface area contributed by atoms with Crippen molar-refractivity contribution in [2.75, 3.05) is 6.79 Å². The van der Waals surface area contributed by atoms with E-state index in [9.17, 15) is 4.79 Å². The van der Waals surface area contributed by atoms with Crippen molar-refractivity contribution in [3.05, 3.63) is 71.0 Å². The van der Waals surface area contributed by atoms with E-state index in [1.165, 1.54) is 11.1 Å². The molecule has 0 fully saturated rings. The number of amides is 1. The maximum absolute atomic E-state index is 12.6. The van der Waals surface area contributed by atoms with Crippen LogP contribution in [0.15, 0.2) is 48.5 Å². The van der Waals surface area contributed by atoms with Crippen molar-refractivity contribution in [2.24, 2.45) is 0 Å². The van der Waals surface area contributed by atoms with Crippen LogP contribution in [0.1, 0.15) is 39.8 Å². The summed E-state index contributed by atoms with van der Waals surface area (Å²) in [5.41, 5.74) is 3.56. The van der Waals surface area contributed by atoms with Crippen LogP contribution in [0, 0.1) is 0 Å². The molecule has 0 unspecified atom stereocenters. The lowest BCUT2D eigenvalue weighted by Crippen LogP contribution is -2.27. The minimum absolute atomic E-state index is 0.0359. The van der Waals surface area contributed by atoms with Crippen molar-refractivity contribution >= 4 is 5.91 Å². The lowest BCUT2D eigenvalue weighted by atomic mass is 10.1. The second-order valence-corrected chi connectivity index (χ2v) is 6.85. The van der Waals surface area contributed by atoms with Crippen LogP contribution in [0.3, 0.4) is 0 Å².